The molecular formula is C15H18F3NO2. The molecule has 1 saturated carbocycles. The van der Waals surface area contributed by atoms with E-state index in [0.29, 0.717) is 25.5 Å². The number of alkyl halides is 3. The molecule has 3 nitrogen and oxygen atoms in total. The summed E-state index contributed by atoms with van der Waals surface area (Å²) in [5.74, 6) is -0.0247. The van der Waals surface area contributed by atoms with Gasteiger partial charge in [-0.3, -0.25) is 4.79 Å². The van der Waals surface area contributed by atoms with E-state index in [1.807, 2.05) is 0 Å². The van der Waals surface area contributed by atoms with Crippen LogP contribution < -0.4 is 5.32 Å². The smallest absolute Gasteiger partial charge is 0.381 e. The van der Waals surface area contributed by atoms with Crippen LogP contribution in [0.4, 0.5) is 13.2 Å². The van der Waals surface area contributed by atoms with Gasteiger partial charge in [0.25, 0.3) is 5.91 Å². The van der Waals surface area contributed by atoms with Crippen molar-refractivity contribution in [3.8, 4) is 0 Å². The summed E-state index contributed by atoms with van der Waals surface area (Å²) < 4.78 is 43.7. The molecule has 0 bridgehead atoms. The lowest BCUT2D eigenvalue weighted by atomic mass is 10.1. The minimum atomic E-state index is -4.53. The van der Waals surface area contributed by atoms with Crippen molar-refractivity contribution in [2.75, 3.05) is 19.8 Å². The monoisotopic (exact) mass is 301 g/mol. The van der Waals surface area contributed by atoms with E-state index in [1.54, 1.807) is 0 Å². The maximum atomic E-state index is 12.8. The summed E-state index contributed by atoms with van der Waals surface area (Å²) in [6, 6.07) is 4.78. The number of rotatable bonds is 7. The Balaban J connectivity index is 1.77. The molecule has 0 saturated heterocycles. The van der Waals surface area contributed by atoms with Crippen molar-refractivity contribution in [1.29, 1.82) is 0 Å². The van der Waals surface area contributed by atoms with Crippen molar-refractivity contribution in [3.63, 3.8) is 0 Å². The maximum absolute atomic E-state index is 12.8. The molecule has 1 aliphatic rings. The molecule has 1 amide bonds. The zero-order chi connectivity index (χ0) is 15.3. The van der Waals surface area contributed by atoms with Crippen LogP contribution >= 0.6 is 0 Å². The van der Waals surface area contributed by atoms with Gasteiger partial charge in [0, 0.05) is 19.8 Å². The molecule has 1 N–H and O–H groups in total. The SMILES string of the molecule is O=C(NCCCOCC1CC1)c1ccccc1C(F)(F)F. The van der Waals surface area contributed by atoms with Crippen molar-refractivity contribution in [3.05, 3.63) is 35.4 Å². The molecule has 116 valence electrons. The standard InChI is InChI=1S/C15H18F3NO2/c16-15(17,18)13-5-2-1-4-12(13)14(20)19-8-3-9-21-10-11-6-7-11/h1-2,4-5,11H,3,6-10H2,(H,19,20). The number of halogens is 3. The van der Waals surface area contributed by atoms with Gasteiger partial charge in [-0.2, -0.15) is 13.2 Å². The predicted molar refractivity (Wildman–Crippen MR) is 71.9 cm³/mol. The Morgan fingerprint density at radius 1 is 1.29 bits per heavy atom. The maximum Gasteiger partial charge on any atom is 0.417 e. The Morgan fingerprint density at radius 2 is 2.00 bits per heavy atom. The molecule has 2 rings (SSSR count). The second-order valence-electron chi connectivity index (χ2n) is 5.17. The number of hydrogen-bond donors (Lipinski definition) is 1. The first-order chi connectivity index (χ1) is 9.98. The summed E-state index contributed by atoms with van der Waals surface area (Å²) in [5, 5.41) is 2.50. The van der Waals surface area contributed by atoms with E-state index in [1.165, 1.54) is 31.0 Å². The molecule has 21 heavy (non-hydrogen) atoms. The quantitative estimate of drug-likeness (QED) is 0.785. The van der Waals surface area contributed by atoms with E-state index < -0.39 is 17.6 Å². The van der Waals surface area contributed by atoms with Crippen LogP contribution in [0.25, 0.3) is 0 Å². The molecule has 1 aliphatic carbocycles. The highest BCUT2D eigenvalue weighted by Crippen LogP contribution is 2.31. The van der Waals surface area contributed by atoms with Gasteiger partial charge >= 0.3 is 6.18 Å². The molecule has 0 atom stereocenters. The lowest BCUT2D eigenvalue weighted by molar-refractivity contribution is -0.137. The fourth-order valence-corrected chi connectivity index (χ4v) is 1.93. The van der Waals surface area contributed by atoms with Crippen molar-refractivity contribution in [2.24, 2.45) is 5.92 Å². The lowest BCUT2D eigenvalue weighted by Gasteiger charge is -2.12. The second-order valence-corrected chi connectivity index (χ2v) is 5.17. The summed E-state index contributed by atoms with van der Waals surface area (Å²) in [4.78, 5) is 11.8. The van der Waals surface area contributed by atoms with E-state index in [-0.39, 0.29) is 5.56 Å². The summed E-state index contributed by atoms with van der Waals surface area (Å²) in [7, 11) is 0. The number of carbonyl (C=O) groups is 1. The summed E-state index contributed by atoms with van der Waals surface area (Å²) in [6.07, 6.45) is -1.51. The lowest BCUT2D eigenvalue weighted by Crippen LogP contribution is -2.27. The number of carbonyl (C=O) groups excluding carboxylic acids is 1. The van der Waals surface area contributed by atoms with E-state index in [2.05, 4.69) is 5.32 Å². The fourth-order valence-electron chi connectivity index (χ4n) is 1.93. The first-order valence-electron chi connectivity index (χ1n) is 7.00. The van der Waals surface area contributed by atoms with Crippen LogP contribution in [0.15, 0.2) is 24.3 Å². The second kappa shape index (κ2) is 6.93. The van der Waals surface area contributed by atoms with Crippen LogP contribution in [0.5, 0.6) is 0 Å². The Labute approximate surface area is 121 Å². The van der Waals surface area contributed by atoms with Crippen LogP contribution in [0.2, 0.25) is 0 Å². The third kappa shape index (κ3) is 5.04. The van der Waals surface area contributed by atoms with Crippen LogP contribution in [0.3, 0.4) is 0 Å². The molecule has 0 unspecified atom stereocenters. The first kappa shape index (κ1) is 15.8. The van der Waals surface area contributed by atoms with E-state index >= 15 is 0 Å². The molecule has 0 heterocycles. The van der Waals surface area contributed by atoms with Gasteiger partial charge in [-0.15, -0.1) is 0 Å². The van der Waals surface area contributed by atoms with Gasteiger partial charge in [-0.1, -0.05) is 12.1 Å². The zero-order valence-electron chi connectivity index (χ0n) is 11.6. The molecule has 1 fully saturated rings. The predicted octanol–water partition coefficient (Wildman–Crippen LogP) is 3.25. The molecule has 1 aromatic rings. The van der Waals surface area contributed by atoms with Gasteiger partial charge in [-0.25, -0.2) is 0 Å². The van der Waals surface area contributed by atoms with E-state index in [9.17, 15) is 18.0 Å². The topological polar surface area (TPSA) is 38.3 Å². The number of amides is 1. The van der Waals surface area contributed by atoms with Crippen LogP contribution in [-0.2, 0) is 10.9 Å². The van der Waals surface area contributed by atoms with E-state index in [0.717, 1.165) is 12.7 Å². The highest BCUT2D eigenvalue weighted by Gasteiger charge is 2.34. The summed E-state index contributed by atoms with van der Waals surface area (Å²) >= 11 is 0. The Morgan fingerprint density at radius 3 is 2.67 bits per heavy atom. The number of ether oxygens (including phenoxy) is 1. The first-order valence-corrected chi connectivity index (χ1v) is 7.00. The molecule has 6 heteroatoms. The minimum absolute atomic E-state index is 0.301. The summed E-state index contributed by atoms with van der Waals surface area (Å²) in [5.41, 5.74) is -1.25. The van der Waals surface area contributed by atoms with Gasteiger partial charge in [-0.05, 0) is 37.3 Å². The van der Waals surface area contributed by atoms with Crippen LogP contribution in [0.1, 0.15) is 35.2 Å². The number of nitrogens with one attached hydrogen (secondary N) is 1. The van der Waals surface area contributed by atoms with Gasteiger partial charge in [0.15, 0.2) is 0 Å². The summed E-state index contributed by atoms with van der Waals surface area (Å²) in [6.45, 7) is 1.55. The average molecular weight is 301 g/mol. The largest absolute Gasteiger partial charge is 0.417 e. The normalized spacial score (nSPS) is 15.0. The molecule has 0 aliphatic heterocycles. The van der Waals surface area contributed by atoms with Crippen LogP contribution in [-0.4, -0.2) is 25.7 Å². The zero-order valence-corrected chi connectivity index (χ0v) is 11.6. The third-order valence-electron chi connectivity index (χ3n) is 3.28. The number of hydrogen-bond acceptors (Lipinski definition) is 2. The average Bonchev–Trinajstić information content (AvgIpc) is 3.25. The highest BCUT2D eigenvalue weighted by molar-refractivity contribution is 5.95. The van der Waals surface area contributed by atoms with Crippen molar-refractivity contribution in [1.82, 2.24) is 5.32 Å². The van der Waals surface area contributed by atoms with Crippen LogP contribution in [0, 0.1) is 5.92 Å². The van der Waals surface area contributed by atoms with Crippen molar-refractivity contribution in [2.45, 2.75) is 25.4 Å². The minimum Gasteiger partial charge on any atom is -0.381 e. The molecular weight excluding hydrogens is 283 g/mol. The van der Waals surface area contributed by atoms with Gasteiger partial charge in [0.05, 0.1) is 11.1 Å². The highest BCUT2D eigenvalue weighted by atomic mass is 19.4. The molecule has 1 aromatic carbocycles. The van der Waals surface area contributed by atoms with E-state index in [4.69, 9.17) is 4.74 Å². The van der Waals surface area contributed by atoms with Crippen molar-refractivity contribution >= 4 is 5.91 Å². The third-order valence-corrected chi connectivity index (χ3v) is 3.28. The Hall–Kier alpha value is -1.56. The van der Waals surface area contributed by atoms with Gasteiger partial charge in [0.2, 0.25) is 0 Å². The molecule has 0 spiro atoms. The number of benzene rings is 1. The van der Waals surface area contributed by atoms with Gasteiger partial charge in [0.1, 0.15) is 0 Å². The Bertz CT molecular complexity index is 484. The fraction of sp³-hybridized carbons (Fsp3) is 0.533. The Kier molecular flexibility index (Phi) is 5.22. The van der Waals surface area contributed by atoms with Gasteiger partial charge < -0.3 is 10.1 Å². The van der Waals surface area contributed by atoms with Crippen molar-refractivity contribution < 1.29 is 22.7 Å². The molecule has 0 radical (unpaired) electrons. The molecule has 0 aromatic heterocycles.